The average molecular weight is 305 g/mol. The first-order valence-electron chi connectivity index (χ1n) is 8.10. The monoisotopic (exact) mass is 305 g/mol. The molecule has 1 fully saturated rings. The maximum atomic E-state index is 11.9. The molecule has 22 heavy (non-hydrogen) atoms. The number of pyridine rings is 1. The molecule has 1 aliphatic rings. The summed E-state index contributed by atoms with van der Waals surface area (Å²) in [4.78, 5) is 18.4. The van der Waals surface area contributed by atoms with Crippen molar-refractivity contribution in [3.05, 3.63) is 30.1 Å². The van der Waals surface area contributed by atoms with E-state index in [1.807, 2.05) is 19.2 Å². The van der Waals surface area contributed by atoms with Gasteiger partial charge in [0.2, 0.25) is 5.91 Å². The molecule has 1 aromatic heterocycles. The quantitative estimate of drug-likeness (QED) is 0.837. The molecule has 1 saturated heterocycles. The predicted octanol–water partition coefficient (Wildman–Crippen LogP) is 2.01. The summed E-state index contributed by atoms with van der Waals surface area (Å²) in [5.41, 5.74) is 1.22. The summed E-state index contributed by atoms with van der Waals surface area (Å²) in [6.07, 6.45) is 5.85. The minimum absolute atomic E-state index is 0.0280. The van der Waals surface area contributed by atoms with Gasteiger partial charge in [0.1, 0.15) is 6.61 Å². The van der Waals surface area contributed by atoms with Crippen LogP contribution in [0.15, 0.2) is 24.5 Å². The third-order valence-corrected chi connectivity index (χ3v) is 4.44. The minimum Gasteiger partial charge on any atom is -0.369 e. The second-order valence-corrected chi connectivity index (χ2v) is 6.09. The van der Waals surface area contributed by atoms with Crippen LogP contribution in [-0.2, 0) is 9.53 Å². The highest BCUT2D eigenvalue weighted by Gasteiger charge is 2.33. The Kier molecular flexibility index (Phi) is 6.34. The van der Waals surface area contributed by atoms with Gasteiger partial charge in [0.05, 0.1) is 6.10 Å². The molecule has 2 rings (SSSR count). The fraction of sp³-hybridized carbons (Fsp3) is 0.647. The van der Waals surface area contributed by atoms with Crippen molar-refractivity contribution in [2.45, 2.75) is 38.8 Å². The highest BCUT2D eigenvalue weighted by Crippen LogP contribution is 2.35. The second-order valence-electron chi connectivity index (χ2n) is 6.09. The standard InChI is InChI=1S/C17H27N3O2/c1-4-13(2)22-12-16(21)19-11-15-7-9-20(3)17(15)14-6-5-8-18-10-14/h5-6,8,10,13,15,17H,4,7,9,11-12H2,1-3H3,(H,19,21)/t13?,15-,17-/m0/s1. The number of carbonyl (C=O) groups excluding carboxylic acids is 1. The van der Waals surface area contributed by atoms with Gasteiger partial charge in [0.15, 0.2) is 0 Å². The third-order valence-electron chi connectivity index (χ3n) is 4.44. The zero-order chi connectivity index (χ0) is 15.9. The molecule has 1 aromatic rings. The number of likely N-dealkylation sites (tertiary alicyclic amines) is 1. The van der Waals surface area contributed by atoms with E-state index in [-0.39, 0.29) is 18.6 Å². The van der Waals surface area contributed by atoms with Crippen molar-refractivity contribution in [1.82, 2.24) is 15.2 Å². The maximum absolute atomic E-state index is 11.9. The summed E-state index contributed by atoms with van der Waals surface area (Å²) in [5, 5.41) is 3.01. The van der Waals surface area contributed by atoms with Crippen LogP contribution in [-0.4, -0.2) is 48.6 Å². The van der Waals surface area contributed by atoms with Crippen LogP contribution in [0.3, 0.4) is 0 Å². The third kappa shape index (κ3) is 4.52. The van der Waals surface area contributed by atoms with Gasteiger partial charge in [0, 0.05) is 25.0 Å². The summed E-state index contributed by atoms with van der Waals surface area (Å²) >= 11 is 0. The van der Waals surface area contributed by atoms with Crippen LogP contribution in [0.4, 0.5) is 0 Å². The molecule has 1 aliphatic heterocycles. The van der Waals surface area contributed by atoms with Gasteiger partial charge in [-0.3, -0.25) is 14.7 Å². The Balaban J connectivity index is 1.85. The molecule has 5 nitrogen and oxygen atoms in total. The van der Waals surface area contributed by atoms with Gasteiger partial charge in [-0.15, -0.1) is 0 Å². The topological polar surface area (TPSA) is 54.5 Å². The van der Waals surface area contributed by atoms with Gasteiger partial charge >= 0.3 is 0 Å². The lowest BCUT2D eigenvalue weighted by molar-refractivity contribution is -0.127. The fourth-order valence-electron chi connectivity index (χ4n) is 2.95. The number of nitrogens with zero attached hydrogens (tertiary/aromatic N) is 2. The van der Waals surface area contributed by atoms with Crippen LogP contribution in [0.2, 0.25) is 0 Å². The Morgan fingerprint density at radius 3 is 3.09 bits per heavy atom. The van der Waals surface area contributed by atoms with Crippen LogP contribution >= 0.6 is 0 Å². The number of amides is 1. The largest absolute Gasteiger partial charge is 0.369 e. The van der Waals surface area contributed by atoms with E-state index in [2.05, 4.69) is 35.2 Å². The first-order chi connectivity index (χ1) is 10.6. The van der Waals surface area contributed by atoms with Crippen LogP contribution in [0.1, 0.15) is 38.3 Å². The molecule has 0 saturated carbocycles. The van der Waals surface area contributed by atoms with E-state index < -0.39 is 0 Å². The van der Waals surface area contributed by atoms with Crippen LogP contribution in [0.5, 0.6) is 0 Å². The Hall–Kier alpha value is -1.46. The molecule has 1 N–H and O–H groups in total. The lowest BCUT2D eigenvalue weighted by Crippen LogP contribution is -2.35. The van der Waals surface area contributed by atoms with Crippen molar-refractivity contribution in [3.63, 3.8) is 0 Å². The molecular formula is C17H27N3O2. The van der Waals surface area contributed by atoms with E-state index in [0.717, 1.165) is 19.4 Å². The van der Waals surface area contributed by atoms with Gasteiger partial charge < -0.3 is 10.1 Å². The lowest BCUT2D eigenvalue weighted by Gasteiger charge is -2.25. The fourth-order valence-corrected chi connectivity index (χ4v) is 2.95. The van der Waals surface area contributed by atoms with Crippen molar-refractivity contribution in [2.75, 3.05) is 26.7 Å². The van der Waals surface area contributed by atoms with E-state index in [1.54, 1.807) is 6.20 Å². The highest BCUT2D eigenvalue weighted by molar-refractivity contribution is 5.77. The zero-order valence-electron chi connectivity index (χ0n) is 13.8. The van der Waals surface area contributed by atoms with Crippen LogP contribution in [0.25, 0.3) is 0 Å². The molecule has 2 heterocycles. The number of aromatic nitrogens is 1. The molecule has 0 spiro atoms. The number of hydrogen-bond donors (Lipinski definition) is 1. The SMILES string of the molecule is CCC(C)OCC(=O)NC[C@@H]1CCN(C)[C@H]1c1cccnc1. The van der Waals surface area contributed by atoms with Gasteiger partial charge in [-0.25, -0.2) is 0 Å². The summed E-state index contributed by atoms with van der Waals surface area (Å²) in [6, 6.07) is 4.40. The summed E-state index contributed by atoms with van der Waals surface area (Å²) < 4.78 is 5.47. The first-order valence-corrected chi connectivity index (χ1v) is 8.10. The molecule has 1 unspecified atom stereocenters. The van der Waals surface area contributed by atoms with E-state index in [4.69, 9.17) is 4.74 Å². The zero-order valence-corrected chi connectivity index (χ0v) is 13.8. The van der Waals surface area contributed by atoms with E-state index >= 15 is 0 Å². The van der Waals surface area contributed by atoms with Crippen LogP contribution in [0, 0.1) is 5.92 Å². The molecule has 5 heteroatoms. The van der Waals surface area contributed by atoms with Gasteiger partial charge in [-0.1, -0.05) is 13.0 Å². The van der Waals surface area contributed by atoms with E-state index in [9.17, 15) is 4.79 Å². The molecular weight excluding hydrogens is 278 g/mol. The maximum Gasteiger partial charge on any atom is 0.246 e. The number of hydrogen-bond acceptors (Lipinski definition) is 4. The summed E-state index contributed by atoms with van der Waals surface area (Å²) in [7, 11) is 2.13. The average Bonchev–Trinajstić information content (AvgIpc) is 2.92. The Morgan fingerprint density at radius 1 is 1.59 bits per heavy atom. The number of nitrogens with one attached hydrogen (secondary N) is 1. The normalized spacial score (nSPS) is 23.4. The smallest absolute Gasteiger partial charge is 0.246 e. The van der Waals surface area contributed by atoms with Gasteiger partial charge in [-0.2, -0.15) is 0 Å². The first kappa shape index (κ1) is 16.9. The molecule has 0 radical (unpaired) electrons. The van der Waals surface area contributed by atoms with E-state index in [1.165, 1.54) is 5.56 Å². The Labute approximate surface area is 133 Å². The molecule has 122 valence electrons. The van der Waals surface area contributed by atoms with Gasteiger partial charge in [-0.05, 0) is 50.9 Å². The summed E-state index contributed by atoms with van der Waals surface area (Å²) in [6.45, 7) is 5.91. The lowest BCUT2D eigenvalue weighted by atomic mass is 9.95. The number of ether oxygens (including phenoxy) is 1. The highest BCUT2D eigenvalue weighted by atomic mass is 16.5. The predicted molar refractivity (Wildman–Crippen MR) is 86.4 cm³/mol. The van der Waals surface area contributed by atoms with Crippen molar-refractivity contribution in [1.29, 1.82) is 0 Å². The van der Waals surface area contributed by atoms with Gasteiger partial charge in [0.25, 0.3) is 0 Å². The van der Waals surface area contributed by atoms with Crippen LogP contribution < -0.4 is 5.32 Å². The summed E-state index contributed by atoms with van der Waals surface area (Å²) in [5.74, 6) is 0.390. The van der Waals surface area contributed by atoms with Crippen molar-refractivity contribution in [2.24, 2.45) is 5.92 Å². The molecule has 0 bridgehead atoms. The van der Waals surface area contributed by atoms with Crippen molar-refractivity contribution in [3.8, 4) is 0 Å². The van der Waals surface area contributed by atoms with Crippen molar-refractivity contribution < 1.29 is 9.53 Å². The minimum atomic E-state index is -0.0280. The van der Waals surface area contributed by atoms with Crippen molar-refractivity contribution >= 4 is 5.91 Å². The molecule has 3 atom stereocenters. The Morgan fingerprint density at radius 2 is 2.41 bits per heavy atom. The molecule has 0 aliphatic carbocycles. The Bertz CT molecular complexity index is 466. The molecule has 1 amide bonds. The second kappa shape index (κ2) is 8.25. The van der Waals surface area contributed by atoms with E-state index in [0.29, 0.717) is 18.5 Å². The number of carbonyl (C=O) groups is 1. The molecule has 0 aromatic carbocycles. The number of rotatable bonds is 7.